The molecule has 3 aliphatic heterocycles. The molecular formula is C13H21N5O6S. The van der Waals surface area contributed by atoms with Gasteiger partial charge in [0.15, 0.2) is 0 Å². The highest BCUT2D eigenvalue weighted by Gasteiger charge is 2.48. The molecule has 3 unspecified atom stereocenters. The second-order valence-electron chi connectivity index (χ2n) is 6.53. The van der Waals surface area contributed by atoms with Crippen LogP contribution in [0.3, 0.4) is 0 Å². The molecule has 3 heterocycles. The fraction of sp³-hybridized carbons (Fsp3) is 0.769. The van der Waals surface area contributed by atoms with Gasteiger partial charge in [-0.05, 0) is 38.3 Å². The number of piperidine rings is 1. The Labute approximate surface area is 145 Å². The molecule has 0 aromatic carbocycles. The summed E-state index contributed by atoms with van der Waals surface area (Å²) in [7, 11) is -4.80. The van der Waals surface area contributed by atoms with Crippen molar-refractivity contribution in [1.82, 2.24) is 20.6 Å². The van der Waals surface area contributed by atoms with Crippen molar-refractivity contribution in [3.8, 4) is 0 Å². The molecule has 0 aromatic heterocycles. The minimum atomic E-state index is -4.80. The van der Waals surface area contributed by atoms with Crippen molar-refractivity contribution in [3.63, 3.8) is 0 Å². The number of fused-ring (bicyclic) bond motifs is 2. The summed E-state index contributed by atoms with van der Waals surface area (Å²) in [5.74, 6) is -0.106. The molecule has 3 amide bonds. The number of urea groups is 1. The molecule has 3 saturated heterocycles. The van der Waals surface area contributed by atoms with Gasteiger partial charge in [-0.2, -0.15) is 13.5 Å². The maximum Gasteiger partial charge on any atom is 0.418 e. The lowest BCUT2D eigenvalue weighted by Gasteiger charge is -2.30. The lowest BCUT2D eigenvalue weighted by Crippen LogP contribution is -2.51. The third-order valence-corrected chi connectivity index (χ3v) is 5.09. The van der Waals surface area contributed by atoms with Crippen LogP contribution < -0.4 is 10.6 Å². The predicted molar refractivity (Wildman–Crippen MR) is 84.8 cm³/mol. The summed E-state index contributed by atoms with van der Waals surface area (Å²) in [6, 6.07) is -1.91. The van der Waals surface area contributed by atoms with E-state index in [0.717, 1.165) is 19.5 Å². The van der Waals surface area contributed by atoms with E-state index in [-0.39, 0.29) is 24.2 Å². The molecular weight excluding hydrogens is 354 g/mol. The lowest BCUT2D eigenvalue weighted by molar-refractivity contribution is -0.120. The van der Waals surface area contributed by atoms with E-state index in [9.17, 15) is 18.0 Å². The van der Waals surface area contributed by atoms with Crippen LogP contribution in [0.25, 0.3) is 0 Å². The third-order valence-electron chi connectivity index (χ3n) is 4.74. The molecule has 25 heavy (non-hydrogen) atoms. The van der Waals surface area contributed by atoms with Gasteiger partial charge in [0.05, 0.1) is 12.1 Å². The van der Waals surface area contributed by atoms with Crippen LogP contribution in [-0.2, 0) is 19.5 Å². The number of hydrogen-bond donors (Lipinski definition) is 4. The topological polar surface area (TPSA) is 152 Å². The minimum Gasteiger partial charge on any atom is -0.316 e. The van der Waals surface area contributed by atoms with Crippen LogP contribution in [0.15, 0.2) is 0 Å². The van der Waals surface area contributed by atoms with Crippen LogP contribution in [0.2, 0.25) is 0 Å². The van der Waals surface area contributed by atoms with Gasteiger partial charge in [-0.25, -0.2) is 4.79 Å². The smallest absolute Gasteiger partial charge is 0.316 e. The second-order valence-corrected chi connectivity index (χ2v) is 7.54. The van der Waals surface area contributed by atoms with Crippen LogP contribution in [0.4, 0.5) is 4.79 Å². The van der Waals surface area contributed by atoms with Crippen LogP contribution in [-0.4, -0.2) is 72.4 Å². The molecule has 0 aliphatic carbocycles. The molecule has 0 radical (unpaired) electrons. The van der Waals surface area contributed by atoms with Gasteiger partial charge in [-0.15, -0.1) is 4.28 Å². The second kappa shape index (κ2) is 6.86. The van der Waals surface area contributed by atoms with Crippen LogP contribution in [0.5, 0.6) is 0 Å². The van der Waals surface area contributed by atoms with E-state index in [4.69, 9.17) is 9.96 Å². The van der Waals surface area contributed by atoms with E-state index >= 15 is 0 Å². The van der Waals surface area contributed by atoms with Crippen molar-refractivity contribution >= 4 is 28.2 Å². The highest BCUT2D eigenvalue weighted by atomic mass is 32.3. The van der Waals surface area contributed by atoms with Gasteiger partial charge in [0.25, 0.3) is 0 Å². The first-order valence-corrected chi connectivity index (χ1v) is 9.47. The number of nitrogens with one attached hydrogen (secondary N) is 3. The molecule has 0 saturated carbocycles. The maximum atomic E-state index is 12.3. The highest BCUT2D eigenvalue weighted by Crippen LogP contribution is 2.30. The normalized spacial score (nSPS) is 29.2. The van der Waals surface area contributed by atoms with Gasteiger partial charge in [0.1, 0.15) is 5.84 Å². The number of carbonyl (C=O) groups is 2. The molecule has 0 spiro atoms. The molecule has 0 aromatic rings. The Morgan fingerprint density at radius 3 is 2.80 bits per heavy atom. The largest absolute Gasteiger partial charge is 0.418 e. The van der Waals surface area contributed by atoms with E-state index in [2.05, 4.69) is 14.9 Å². The molecule has 2 bridgehead atoms. The summed E-state index contributed by atoms with van der Waals surface area (Å²) >= 11 is 0. The van der Waals surface area contributed by atoms with Crippen molar-refractivity contribution in [2.45, 2.75) is 37.8 Å². The number of hydroxylamine groups is 2. The zero-order valence-electron chi connectivity index (χ0n) is 13.5. The molecule has 3 fully saturated rings. The fourth-order valence-corrected chi connectivity index (χ4v) is 3.96. The van der Waals surface area contributed by atoms with Gasteiger partial charge in [-0.3, -0.25) is 14.8 Å². The number of amidine groups is 1. The summed E-state index contributed by atoms with van der Waals surface area (Å²) in [4.78, 5) is 25.6. The Bertz CT molecular complexity index is 676. The van der Waals surface area contributed by atoms with E-state index < -0.39 is 28.5 Å². The van der Waals surface area contributed by atoms with Gasteiger partial charge in [-0.1, -0.05) is 0 Å². The summed E-state index contributed by atoms with van der Waals surface area (Å²) < 4.78 is 34.8. The molecule has 3 atom stereocenters. The first-order valence-electron chi connectivity index (χ1n) is 8.10. The lowest BCUT2D eigenvalue weighted by atomic mass is 9.99. The van der Waals surface area contributed by atoms with Crippen molar-refractivity contribution in [2.75, 3.05) is 19.6 Å². The molecule has 140 valence electrons. The van der Waals surface area contributed by atoms with Crippen LogP contribution in [0.1, 0.15) is 25.7 Å². The Morgan fingerprint density at radius 1 is 1.40 bits per heavy atom. The Kier molecular flexibility index (Phi) is 4.95. The highest BCUT2D eigenvalue weighted by molar-refractivity contribution is 7.80. The summed E-state index contributed by atoms with van der Waals surface area (Å²) in [6.45, 7) is 1.83. The van der Waals surface area contributed by atoms with Gasteiger partial charge in [0.2, 0.25) is 5.91 Å². The van der Waals surface area contributed by atoms with Gasteiger partial charge in [0, 0.05) is 13.0 Å². The summed E-state index contributed by atoms with van der Waals surface area (Å²) in [5.41, 5.74) is 0. The monoisotopic (exact) mass is 375 g/mol. The molecule has 4 N–H and O–H groups in total. The van der Waals surface area contributed by atoms with E-state index in [1.165, 1.54) is 4.90 Å². The average molecular weight is 375 g/mol. The Morgan fingerprint density at radius 2 is 2.16 bits per heavy atom. The van der Waals surface area contributed by atoms with E-state index in [0.29, 0.717) is 24.3 Å². The third kappa shape index (κ3) is 4.08. The van der Waals surface area contributed by atoms with Gasteiger partial charge >= 0.3 is 16.4 Å². The van der Waals surface area contributed by atoms with Crippen LogP contribution >= 0.6 is 0 Å². The number of nitrogens with zero attached hydrogens (tertiary/aromatic N) is 2. The number of hydrogen-bond acceptors (Lipinski definition) is 7. The standard InChI is InChI=1S/C13H21N5O6S/c14-12(16-11(19)5-8-3-4-15-6-8)10-2-1-9-7-17(10)13(20)18(9)24-25(21,22)23/h8-10,15H,1-7H2,(H2,14,16,19)(H,21,22,23). The molecule has 12 heteroatoms. The Balaban J connectivity index is 1.59. The molecule has 11 nitrogen and oxygen atoms in total. The maximum absolute atomic E-state index is 12.3. The fourth-order valence-electron chi connectivity index (χ4n) is 3.57. The van der Waals surface area contributed by atoms with E-state index in [1.807, 2.05) is 0 Å². The number of rotatable bonds is 5. The average Bonchev–Trinajstić information content (AvgIpc) is 3.09. The van der Waals surface area contributed by atoms with Crippen molar-refractivity contribution in [1.29, 1.82) is 5.41 Å². The molecule has 3 aliphatic rings. The zero-order valence-corrected chi connectivity index (χ0v) is 14.3. The minimum absolute atomic E-state index is 0.0866. The first-order chi connectivity index (χ1) is 11.7. The number of carbonyl (C=O) groups excluding carboxylic acids is 2. The Hall–Kier alpha value is -1.76. The zero-order chi connectivity index (χ0) is 18.2. The van der Waals surface area contributed by atoms with Crippen molar-refractivity contribution in [3.05, 3.63) is 0 Å². The number of amides is 3. The van der Waals surface area contributed by atoms with Crippen LogP contribution in [0, 0.1) is 11.3 Å². The first kappa shape index (κ1) is 18.0. The predicted octanol–water partition coefficient (Wildman–Crippen LogP) is -0.918. The summed E-state index contributed by atoms with van der Waals surface area (Å²) in [5, 5.41) is 14.4. The quantitative estimate of drug-likeness (QED) is 0.275. The van der Waals surface area contributed by atoms with Crippen molar-refractivity contribution < 1.29 is 26.8 Å². The molecule has 3 rings (SSSR count). The van der Waals surface area contributed by atoms with E-state index in [1.54, 1.807) is 0 Å². The summed E-state index contributed by atoms with van der Waals surface area (Å²) in [6.07, 6.45) is 2.02. The van der Waals surface area contributed by atoms with Crippen molar-refractivity contribution in [2.24, 2.45) is 5.92 Å². The van der Waals surface area contributed by atoms with Gasteiger partial charge < -0.3 is 15.5 Å². The SMILES string of the molecule is N=C(NC(=O)CC1CCNC1)C1CCC2CN1C(=O)N2OS(=O)(=O)O.